The summed E-state index contributed by atoms with van der Waals surface area (Å²) < 4.78 is 5.23. The first-order chi connectivity index (χ1) is 6.49. The molecule has 0 rings (SSSR count). The van der Waals surface area contributed by atoms with Crippen molar-refractivity contribution in [2.45, 2.75) is 34.1 Å². The highest BCUT2D eigenvalue weighted by Crippen LogP contribution is 2.21. The Morgan fingerprint density at radius 2 is 1.93 bits per heavy atom. The number of halogens is 1. The van der Waals surface area contributed by atoms with Gasteiger partial charge in [-0.05, 0) is 36.8 Å². The number of ether oxygens (including phenoxy) is 1. The average Bonchev–Trinajstić information content (AvgIpc) is 2.10. The lowest BCUT2D eigenvalue weighted by molar-refractivity contribution is -0.117. The summed E-state index contributed by atoms with van der Waals surface area (Å²) in [4.78, 5) is 11.1. The van der Waals surface area contributed by atoms with Crippen molar-refractivity contribution in [1.29, 1.82) is 0 Å². The summed E-state index contributed by atoms with van der Waals surface area (Å²) in [5, 5.41) is -0.272. The monoisotopic (exact) mass is 220 g/mol. The molecule has 0 bridgehead atoms. The summed E-state index contributed by atoms with van der Waals surface area (Å²) in [7, 11) is 0. The first-order valence-corrected chi connectivity index (χ1v) is 5.63. The molecular formula is C11H21ClO2. The molecule has 0 saturated carbocycles. The Kier molecular flexibility index (Phi) is 7.20. The number of hydrogen-bond donors (Lipinski definition) is 0. The molecule has 0 aromatic rings. The lowest BCUT2D eigenvalue weighted by Crippen LogP contribution is -2.21. The fourth-order valence-electron chi connectivity index (χ4n) is 1.21. The first kappa shape index (κ1) is 13.9. The normalized spacial score (nSPS) is 15.6. The summed E-state index contributed by atoms with van der Waals surface area (Å²) in [5.41, 5.74) is 0. The second kappa shape index (κ2) is 7.24. The Bertz CT molecular complexity index is 169. The zero-order valence-electron chi connectivity index (χ0n) is 9.55. The molecule has 0 heterocycles. The highest BCUT2D eigenvalue weighted by molar-refractivity contribution is 6.64. The molecular weight excluding hydrogens is 200 g/mol. The third-order valence-corrected chi connectivity index (χ3v) is 2.95. The fourth-order valence-corrected chi connectivity index (χ4v) is 1.36. The molecule has 0 aliphatic carbocycles. The Balaban J connectivity index is 4.02. The van der Waals surface area contributed by atoms with Gasteiger partial charge in [-0.2, -0.15) is 0 Å². The second-order valence-electron chi connectivity index (χ2n) is 4.12. The molecule has 0 aromatic heterocycles. The van der Waals surface area contributed by atoms with Crippen LogP contribution < -0.4 is 0 Å². The van der Waals surface area contributed by atoms with Crippen molar-refractivity contribution < 1.29 is 9.53 Å². The van der Waals surface area contributed by atoms with Crippen LogP contribution >= 0.6 is 11.6 Å². The zero-order valence-corrected chi connectivity index (χ0v) is 10.3. The molecule has 0 spiro atoms. The maximum atomic E-state index is 11.1. The molecule has 0 amide bonds. The molecule has 14 heavy (non-hydrogen) atoms. The van der Waals surface area contributed by atoms with Crippen molar-refractivity contribution >= 4 is 16.8 Å². The average molecular weight is 221 g/mol. The number of carbonyl (C=O) groups is 1. The SMILES string of the molecule is CCOCC(CC(C)C(C)C)C(=O)Cl. The predicted octanol–water partition coefficient (Wildman–Crippen LogP) is 3.09. The molecule has 0 N–H and O–H groups in total. The fraction of sp³-hybridized carbons (Fsp3) is 0.909. The summed E-state index contributed by atoms with van der Waals surface area (Å²) in [6, 6.07) is 0. The molecule has 0 aromatic carbocycles. The highest BCUT2D eigenvalue weighted by atomic mass is 35.5. The Morgan fingerprint density at radius 3 is 2.29 bits per heavy atom. The van der Waals surface area contributed by atoms with Gasteiger partial charge >= 0.3 is 0 Å². The molecule has 2 atom stereocenters. The van der Waals surface area contributed by atoms with Crippen molar-refractivity contribution in [2.24, 2.45) is 17.8 Å². The van der Waals surface area contributed by atoms with Crippen LogP contribution in [0.25, 0.3) is 0 Å². The van der Waals surface area contributed by atoms with E-state index < -0.39 is 0 Å². The van der Waals surface area contributed by atoms with Crippen LogP contribution in [0.5, 0.6) is 0 Å². The van der Waals surface area contributed by atoms with E-state index in [1.807, 2.05) is 6.92 Å². The van der Waals surface area contributed by atoms with Gasteiger partial charge in [-0.25, -0.2) is 0 Å². The van der Waals surface area contributed by atoms with Crippen LogP contribution in [0.15, 0.2) is 0 Å². The summed E-state index contributed by atoms with van der Waals surface area (Å²) >= 11 is 5.51. The molecule has 2 nitrogen and oxygen atoms in total. The van der Waals surface area contributed by atoms with E-state index in [1.165, 1.54) is 0 Å². The van der Waals surface area contributed by atoms with Crippen LogP contribution in [-0.4, -0.2) is 18.5 Å². The van der Waals surface area contributed by atoms with Crippen LogP contribution in [0.1, 0.15) is 34.1 Å². The van der Waals surface area contributed by atoms with Crippen molar-refractivity contribution in [3.63, 3.8) is 0 Å². The highest BCUT2D eigenvalue weighted by Gasteiger charge is 2.20. The van der Waals surface area contributed by atoms with Crippen LogP contribution in [0.3, 0.4) is 0 Å². The summed E-state index contributed by atoms with van der Waals surface area (Å²) in [5.74, 6) is 0.937. The first-order valence-electron chi connectivity index (χ1n) is 5.26. The van der Waals surface area contributed by atoms with E-state index in [4.69, 9.17) is 16.3 Å². The van der Waals surface area contributed by atoms with Gasteiger partial charge in [-0.3, -0.25) is 4.79 Å². The second-order valence-corrected chi connectivity index (χ2v) is 4.49. The van der Waals surface area contributed by atoms with Gasteiger partial charge in [0.2, 0.25) is 5.24 Å². The van der Waals surface area contributed by atoms with Gasteiger partial charge in [0.25, 0.3) is 0 Å². The van der Waals surface area contributed by atoms with Gasteiger partial charge in [0.05, 0.1) is 12.5 Å². The lowest BCUT2D eigenvalue weighted by atomic mass is 9.89. The van der Waals surface area contributed by atoms with Gasteiger partial charge in [-0.15, -0.1) is 0 Å². The van der Waals surface area contributed by atoms with Gasteiger partial charge < -0.3 is 4.74 Å². The molecule has 0 saturated heterocycles. The third kappa shape index (κ3) is 5.61. The maximum Gasteiger partial charge on any atom is 0.227 e. The lowest BCUT2D eigenvalue weighted by Gasteiger charge is -2.20. The molecule has 0 fully saturated rings. The van der Waals surface area contributed by atoms with Gasteiger partial charge in [0, 0.05) is 6.61 Å². The third-order valence-electron chi connectivity index (χ3n) is 2.64. The van der Waals surface area contributed by atoms with Crippen LogP contribution in [0, 0.1) is 17.8 Å². The molecule has 84 valence electrons. The standard InChI is InChI=1S/C11H21ClO2/c1-5-14-7-10(11(12)13)6-9(4)8(2)3/h8-10H,5-7H2,1-4H3. The van der Waals surface area contributed by atoms with Crippen molar-refractivity contribution in [3.05, 3.63) is 0 Å². The van der Waals surface area contributed by atoms with Crippen molar-refractivity contribution in [2.75, 3.05) is 13.2 Å². The van der Waals surface area contributed by atoms with Gasteiger partial charge in [0.1, 0.15) is 0 Å². The predicted molar refractivity (Wildman–Crippen MR) is 59.5 cm³/mol. The van der Waals surface area contributed by atoms with Crippen LogP contribution in [-0.2, 0) is 9.53 Å². The summed E-state index contributed by atoms with van der Waals surface area (Å²) in [6.07, 6.45) is 0.819. The quantitative estimate of drug-likeness (QED) is 0.617. The van der Waals surface area contributed by atoms with Gasteiger partial charge in [0.15, 0.2) is 0 Å². The molecule has 0 aliphatic heterocycles. The van der Waals surface area contributed by atoms with Crippen molar-refractivity contribution in [3.8, 4) is 0 Å². The van der Waals surface area contributed by atoms with Crippen LogP contribution in [0.2, 0.25) is 0 Å². The minimum absolute atomic E-state index is 0.144. The molecule has 3 heteroatoms. The minimum atomic E-state index is -0.272. The number of rotatable bonds is 7. The molecule has 0 radical (unpaired) electrons. The minimum Gasteiger partial charge on any atom is -0.381 e. The van der Waals surface area contributed by atoms with Gasteiger partial charge in [-0.1, -0.05) is 20.8 Å². The van der Waals surface area contributed by atoms with E-state index >= 15 is 0 Å². The van der Waals surface area contributed by atoms with E-state index in [-0.39, 0.29) is 11.2 Å². The molecule has 0 aliphatic rings. The van der Waals surface area contributed by atoms with E-state index in [1.54, 1.807) is 0 Å². The summed E-state index contributed by atoms with van der Waals surface area (Å²) in [6.45, 7) is 9.46. The zero-order chi connectivity index (χ0) is 11.1. The van der Waals surface area contributed by atoms with E-state index in [0.717, 1.165) is 6.42 Å². The van der Waals surface area contributed by atoms with Crippen LogP contribution in [0.4, 0.5) is 0 Å². The maximum absolute atomic E-state index is 11.1. The van der Waals surface area contributed by atoms with E-state index in [9.17, 15) is 4.79 Å². The smallest absolute Gasteiger partial charge is 0.227 e. The van der Waals surface area contributed by atoms with Crippen molar-refractivity contribution in [1.82, 2.24) is 0 Å². The number of carbonyl (C=O) groups excluding carboxylic acids is 1. The topological polar surface area (TPSA) is 26.3 Å². The Morgan fingerprint density at radius 1 is 1.36 bits per heavy atom. The van der Waals surface area contributed by atoms with E-state index in [0.29, 0.717) is 25.0 Å². The Hall–Kier alpha value is -0.0800. The number of hydrogen-bond acceptors (Lipinski definition) is 2. The molecule has 2 unspecified atom stereocenters. The van der Waals surface area contributed by atoms with E-state index in [2.05, 4.69) is 20.8 Å². The Labute approximate surface area is 92.0 Å². The largest absolute Gasteiger partial charge is 0.381 e.